The van der Waals surface area contributed by atoms with Crippen LogP contribution in [0.3, 0.4) is 0 Å². The Kier molecular flexibility index (Phi) is 5.51. The number of carbonyl (C=O) groups is 2. The van der Waals surface area contributed by atoms with Gasteiger partial charge in [0.1, 0.15) is 0 Å². The number of nitrogens with two attached hydrogens (primary N) is 1. The molecular formula is C19H27N3O2. The smallest absolute Gasteiger partial charge is 0.229 e. The number of amides is 2. The molecule has 0 radical (unpaired) electrons. The van der Waals surface area contributed by atoms with Gasteiger partial charge in [0.15, 0.2) is 0 Å². The zero-order valence-corrected chi connectivity index (χ0v) is 14.2. The lowest BCUT2D eigenvalue weighted by atomic mass is 9.84. The highest BCUT2D eigenvalue weighted by Gasteiger charge is 2.28. The second kappa shape index (κ2) is 7.79. The van der Waals surface area contributed by atoms with Crippen molar-refractivity contribution < 1.29 is 9.59 Å². The van der Waals surface area contributed by atoms with Gasteiger partial charge >= 0.3 is 0 Å². The average Bonchev–Trinajstić information content (AvgIpc) is 2.80. The SMILES string of the molecule is NC1CCCCC1C(=O)Nc1ccc(N2CCCCCC2=O)cc1. The molecule has 5 nitrogen and oxygen atoms in total. The van der Waals surface area contributed by atoms with Gasteiger partial charge in [-0.05, 0) is 49.9 Å². The fourth-order valence-electron chi connectivity index (χ4n) is 3.70. The molecule has 0 bridgehead atoms. The van der Waals surface area contributed by atoms with Crippen molar-refractivity contribution in [2.24, 2.45) is 11.7 Å². The van der Waals surface area contributed by atoms with E-state index >= 15 is 0 Å². The zero-order chi connectivity index (χ0) is 16.9. The summed E-state index contributed by atoms with van der Waals surface area (Å²) in [5.41, 5.74) is 7.76. The third-order valence-corrected chi connectivity index (χ3v) is 5.18. The van der Waals surface area contributed by atoms with Crippen LogP contribution in [0.25, 0.3) is 0 Å². The number of hydrogen-bond acceptors (Lipinski definition) is 3. The summed E-state index contributed by atoms with van der Waals surface area (Å²) < 4.78 is 0. The lowest BCUT2D eigenvalue weighted by Gasteiger charge is -2.27. The van der Waals surface area contributed by atoms with Crippen LogP contribution >= 0.6 is 0 Å². The van der Waals surface area contributed by atoms with Crippen molar-refractivity contribution in [2.75, 3.05) is 16.8 Å². The summed E-state index contributed by atoms with van der Waals surface area (Å²) in [6.07, 6.45) is 7.73. The van der Waals surface area contributed by atoms with Crippen molar-refractivity contribution in [2.45, 2.75) is 57.4 Å². The van der Waals surface area contributed by atoms with Crippen LogP contribution in [0.15, 0.2) is 24.3 Å². The van der Waals surface area contributed by atoms with Gasteiger partial charge in [-0.3, -0.25) is 9.59 Å². The Bertz CT molecular complexity index is 585. The molecule has 2 fully saturated rings. The molecule has 3 N–H and O–H groups in total. The van der Waals surface area contributed by atoms with Crippen LogP contribution in [0.1, 0.15) is 51.4 Å². The highest BCUT2D eigenvalue weighted by Crippen LogP contribution is 2.26. The van der Waals surface area contributed by atoms with E-state index in [1.807, 2.05) is 29.2 Å². The number of hydrogen-bond donors (Lipinski definition) is 2. The molecule has 24 heavy (non-hydrogen) atoms. The molecular weight excluding hydrogens is 302 g/mol. The van der Waals surface area contributed by atoms with E-state index < -0.39 is 0 Å². The molecule has 1 saturated heterocycles. The van der Waals surface area contributed by atoms with Crippen molar-refractivity contribution >= 4 is 23.2 Å². The van der Waals surface area contributed by atoms with E-state index in [1.165, 1.54) is 0 Å². The number of carbonyl (C=O) groups excluding carboxylic acids is 2. The molecule has 0 spiro atoms. The summed E-state index contributed by atoms with van der Waals surface area (Å²) in [5, 5.41) is 2.97. The van der Waals surface area contributed by atoms with Crippen molar-refractivity contribution in [1.29, 1.82) is 0 Å². The first-order valence-corrected chi connectivity index (χ1v) is 9.12. The maximum absolute atomic E-state index is 12.4. The van der Waals surface area contributed by atoms with Crippen molar-refractivity contribution in [3.8, 4) is 0 Å². The Balaban J connectivity index is 1.63. The topological polar surface area (TPSA) is 75.4 Å². The van der Waals surface area contributed by atoms with Gasteiger partial charge in [0.25, 0.3) is 0 Å². The van der Waals surface area contributed by atoms with Gasteiger partial charge < -0.3 is 16.0 Å². The standard InChI is InChI=1S/C19H27N3O2/c20-17-7-4-3-6-16(17)19(24)21-14-9-11-15(12-10-14)22-13-5-1-2-8-18(22)23/h9-12,16-17H,1-8,13,20H2,(H,21,24). The number of nitrogens with one attached hydrogen (secondary N) is 1. The fourth-order valence-corrected chi connectivity index (χ4v) is 3.70. The van der Waals surface area contributed by atoms with Crippen molar-refractivity contribution in [1.82, 2.24) is 0 Å². The molecule has 2 aliphatic rings. The van der Waals surface area contributed by atoms with Gasteiger partial charge in [0.2, 0.25) is 11.8 Å². The number of nitrogens with zero attached hydrogens (tertiary/aromatic N) is 1. The third-order valence-electron chi connectivity index (χ3n) is 5.18. The van der Waals surface area contributed by atoms with Gasteiger partial charge in [0.05, 0.1) is 5.92 Å². The van der Waals surface area contributed by atoms with Gasteiger partial charge in [-0.25, -0.2) is 0 Å². The highest BCUT2D eigenvalue weighted by molar-refractivity contribution is 5.95. The van der Waals surface area contributed by atoms with Crippen LogP contribution in [0.4, 0.5) is 11.4 Å². The molecule has 1 aromatic carbocycles. The summed E-state index contributed by atoms with van der Waals surface area (Å²) >= 11 is 0. The van der Waals surface area contributed by atoms with Crippen LogP contribution in [0.5, 0.6) is 0 Å². The highest BCUT2D eigenvalue weighted by atomic mass is 16.2. The predicted octanol–water partition coefficient (Wildman–Crippen LogP) is 3.05. The Morgan fingerprint density at radius 3 is 2.54 bits per heavy atom. The van der Waals surface area contributed by atoms with Crippen molar-refractivity contribution in [3.63, 3.8) is 0 Å². The normalized spacial score (nSPS) is 25.2. The summed E-state index contributed by atoms with van der Waals surface area (Å²) in [6.45, 7) is 0.779. The first kappa shape index (κ1) is 17.0. The van der Waals surface area contributed by atoms with E-state index in [9.17, 15) is 9.59 Å². The first-order chi connectivity index (χ1) is 11.6. The minimum absolute atomic E-state index is 0.0146. The van der Waals surface area contributed by atoms with Crippen LogP contribution in [0.2, 0.25) is 0 Å². The van der Waals surface area contributed by atoms with Gasteiger partial charge in [0, 0.05) is 30.4 Å². The quantitative estimate of drug-likeness (QED) is 0.895. The van der Waals surface area contributed by atoms with E-state index in [0.717, 1.165) is 62.9 Å². The van der Waals surface area contributed by atoms with Crippen LogP contribution < -0.4 is 16.0 Å². The van der Waals surface area contributed by atoms with Crippen LogP contribution in [0, 0.1) is 5.92 Å². The Labute approximate surface area is 143 Å². The van der Waals surface area contributed by atoms with E-state index in [-0.39, 0.29) is 23.8 Å². The summed E-state index contributed by atoms with van der Waals surface area (Å²) in [5.74, 6) is 0.115. The monoisotopic (exact) mass is 329 g/mol. The molecule has 1 saturated carbocycles. The Morgan fingerprint density at radius 1 is 1.04 bits per heavy atom. The lowest BCUT2D eigenvalue weighted by Crippen LogP contribution is -2.40. The molecule has 1 aromatic rings. The molecule has 1 heterocycles. The Hall–Kier alpha value is -1.88. The molecule has 130 valence electrons. The lowest BCUT2D eigenvalue weighted by molar-refractivity contribution is -0.121. The third kappa shape index (κ3) is 3.96. The van der Waals surface area contributed by atoms with E-state index in [1.54, 1.807) is 0 Å². The maximum atomic E-state index is 12.4. The van der Waals surface area contributed by atoms with Crippen LogP contribution in [-0.4, -0.2) is 24.4 Å². The molecule has 2 amide bonds. The molecule has 1 aliphatic heterocycles. The van der Waals surface area contributed by atoms with Crippen LogP contribution in [-0.2, 0) is 9.59 Å². The second-order valence-corrected chi connectivity index (χ2v) is 6.95. The van der Waals surface area contributed by atoms with Gasteiger partial charge in [-0.15, -0.1) is 0 Å². The maximum Gasteiger partial charge on any atom is 0.229 e. The largest absolute Gasteiger partial charge is 0.327 e. The minimum atomic E-state index is -0.0920. The second-order valence-electron chi connectivity index (χ2n) is 6.95. The minimum Gasteiger partial charge on any atom is -0.327 e. The summed E-state index contributed by atoms with van der Waals surface area (Å²) in [4.78, 5) is 26.4. The molecule has 2 unspecified atom stereocenters. The summed E-state index contributed by atoms with van der Waals surface area (Å²) in [7, 11) is 0. The molecule has 0 aromatic heterocycles. The molecule has 5 heteroatoms. The zero-order valence-electron chi connectivity index (χ0n) is 14.2. The molecule has 3 rings (SSSR count). The number of anilines is 2. The van der Waals surface area contributed by atoms with Gasteiger partial charge in [-0.1, -0.05) is 19.3 Å². The predicted molar refractivity (Wildman–Crippen MR) is 95.8 cm³/mol. The summed E-state index contributed by atoms with van der Waals surface area (Å²) in [6, 6.07) is 7.55. The Morgan fingerprint density at radius 2 is 1.79 bits per heavy atom. The van der Waals surface area contributed by atoms with E-state index in [0.29, 0.717) is 6.42 Å². The first-order valence-electron chi connectivity index (χ1n) is 9.12. The molecule has 2 atom stereocenters. The number of benzene rings is 1. The van der Waals surface area contributed by atoms with Crippen molar-refractivity contribution in [3.05, 3.63) is 24.3 Å². The van der Waals surface area contributed by atoms with E-state index in [2.05, 4.69) is 5.32 Å². The van der Waals surface area contributed by atoms with Gasteiger partial charge in [-0.2, -0.15) is 0 Å². The van der Waals surface area contributed by atoms with E-state index in [4.69, 9.17) is 5.73 Å². The molecule has 1 aliphatic carbocycles. The fraction of sp³-hybridized carbons (Fsp3) is 0.579. The average molecular weight is 329 g/mol. The number of rotatable bonds is 3.